The van der Waals surface area contributed by atoms with Gasteiger partial charge in [0.1, 0.15) is 0 Å². The van der Waals surface area contributed by atoms with E-state index in [1.807, 2.05) is 0 Å². The van der Waals surface area contributed by atoms with Crippen LogP contribution in [0, 0.1) is 0 Å². The van der Waals surface area contributed by atoms with Crippen molar-refractivity contribution in [2.24, 2.45) is 0 Å². The Kier molecular flexibility index (Phi) is 61.6. The van der Waals surface area contributed by atoms with Crippen LogP contribution in [0.3, 0.4) is 0 Å². The van der Waals surface area contributed by atoms with Crippen LogP contribution >= 0.6 is 0 Å². The molecular weight excluding hydrogens is 857 g/mol. The second-order valence-corrected chi connectivity index (χ2v) is 21.6. The van der Waals surface area contributed by atoms with E-state index in [1.54, 1.807) is 0 Å². The molecule has 0 saturated heterocycles. The third-order valence-corrected chi connectivity index (χ3v) is 14.5. The molecular formula is C66H124O4. The number of esters is 2. The molecule has 0 rings (SSSR count). The lowest BCUT2D eigenvalue weighted by Crippen LogP contribution is -2.05. The minimum Gasteiger partial charge on any atom is -0.466 e. The van der Waals surface area contributed by atoms with Gasteiger partial charge < -0.3 is 9.47 Å². The van der Waals surface area contributed by atoms with Gasteiger partial charge in [0.2, 0.25) is 0 Å². The Morgan fingerprint density at radius 1 is 0.229 bits per heavy atom. The number of carbonyl (C=O) groups excluding carboxylic acids is 2. The topological polar surface area (TPSA) is 52.6 Å². The Morgan fingerprint density at radius 2 is 0.400 bits per heavy atom. The molecule has 4 heteroatoms. The van der Waals surface area contributed by atoms with Gasteiger partial charge >= 0.3 is 11.9 Å². The highest BCUT2D eigenvalue weighted by Crippen LogP contribution is 2.17. The maximum Gasteiger partial charge on any atom is 0.305 e. The first-order chi connectivity index (χ1) is 34.7. The van der Waals surface area contributed by atoms with Gasteiger partial charge in [-0.15, -0.1) is 0 Å². The molecule has 0 aliphatic carbocycles. The standard InChI is InChI=1S/C66H124O4/c1-3-5-7-9-11-13-15-37-41-45-49-53-57-61-65(67)69-63-59-55-51-47-43-39-35-33-31-29-27-25-23-21-19-17-18-20-22-24-26-28-30-32-34-36-40-44-48-52-56-60-64-70-66(68)62-58-54-50-46-42-38-16-14-12-10-8-6-4-2/h13-16,31,33H,3-12,17-30,32,34-64H2,1-2H3/b15-13-,16-14-,33-31-. The highest BCUT2D eigenvalue weighted by atomic mass is 16.5. The second-order valence-electron chi connectivity index (χ2n) is 21.6. The zero-order valence-electron chi connectivity index (χ0n) is 47.7. The maximum atomic E-state index is 12.0. The number of allylic oxidation sites excluding steroid dienone is 6. The summed E-state index contributed by atoms with van der Waals surface area (Å²) in [5, 5.41) is 0. The van der Waals surface area contributed by atoms with Crippen molar-refractivity contribution in [2.75, 3.05) is 13.2 Å². The second kappa shape index (κ2) is 63.3. The molecule has 0 unspecified atom stereocenters. The first kappa shape index (κ1) is 68.2. The molecule has 0 aliphatic rings. The van der Waals surface area contributed by atoms with Crippen molar-refractivity contribution in [1.29, 1.82) is 0 Å². The van der Waals surface area contributed by atoms with Gasteiger partial charge in [0.05, 0.1) is 13.2 Å². The summed E-state index contributed by atoms with van der Waals surface area (Å²) in [6.07, 6.45) is 83.5. The van der Waals surface area contributed by atoms with Gasteiger partial charge in [-0.3, -0.25) is 9.59 Å². The van der Waals surface area contributed by atoms with Gasteiger partial charge in [-0.25, -0.2) is 0 Å². The number of carbonyl (C=O) groups is 2. The van der Waals surface area contributed by atoms with E-state index in [1.165, 1.54) is 295 Å². The van der Waals surface area contributed by atoms with E-state index < -0.39 is 0 Å². The zero-order chi connectivity index (χ0) is 50.4. The molecule has 0 atom stereocenters. The molecule has 0 spiro atoms. The molecule has 0 radical (unpaired) electrons. The summed E-state index contributed by atoms with van der Waals surface area (Å²) in [4.78, 5) is 24.0. The summed E-state index contributed by atoms with van der Waals surface area (Å²) < 4.78 is 11.0. The summed E-state index contributed by atoms with van der Waals surface area (Å²) in [6, 6.07) is 0. The van der Waals surface area contributed by atoms with Crippen LogP contribution in [-0.4, -0.2) is 25.2 Å². The normalized spacial score (nSPS) is 11.9. The number of unbranched alkanes of at least 4 members (excludes halogenated alkanes) is 46. The molecule has 0 N–H and O–H groups in total. The predicted molar refractivity (Wildman–Crippen MR) is 310 cm³/mol. The fraction of sp³-hybridized carbons (Fsp3) is 0.879. The van der Waals surface area contributed by atoms with Crippen LogP contribution in [0.25, 0.3) is 0 Å². The van der Waals surface area contributed by atoms with E-state index in [0.717, 1.165) is 38.5 Å². The molecule has 412 valence electrons. The molecule has 70 heavy (non-hydrogen) atoms. The van der Waals surface area contributed by atoms with E-state index in [-0.39, 0.29) is 11.9 Å². The quantitative estimate of drug-likeness (QED) is 0.0346. The summed E-state index contributed by atoms with van der Waals surface area (Å²) in [7, 11) is 0. The molecule has 0 saturated carbocycles. The van der Waals surface area contributed by atoms with Crippen LogP contribution < -0.4 is 0 Å². The minimum absolute atomic E-state index is 0.00864. The van der Waals surface area contributed by atoms with E-state index >= 15 is 0 Å². The van der Waals surface area contributed by atoms with Gasteiger partial charge in [-0.1, -0.05) is 281 Å². The summed E-state index contributed by atoms with van der Waals surface area (Å²) in [5.41, 5.74) is 0. The van der Waals surface area contributed by atoms with Crippen molar-refractivity contribution < 1.29 is 19.1 Å². The van der Waals surface area contributed by atoms with Gasteiger partial charge in [-0.05, 0) is 103 Å². The average Bonchev–Trinajstić information content (AvgIpc) is 3.36. The number of hydrogen-bond donors (Lipinski definition) is 0. The fourth-order valence-corrected chi connectivity index (χ4v) is 9.70. The molecule has 0 aromatic heterocycles. The minimum atomic E-state index is 0.00864. The number of hydrogen-bond acceptors (Lipinski definition) is 4. The first-order valence-corrected chi connectivity index (χ1v) is 32.0. The molecule has 4 nitrogen and oxygen atoms in total. The molecule has 0 amide bonds. The summed E-state index contributed by atoms with van der Waals surface area (Å²) in [6.45, 7) is 5.77. The fourth-order valence-electron chi connectivity index (χ4n) is 9.70. The van der Waals surface area contributed by atoms with E-state index in [2.05, 4.69) is 50.3 Å². The Morgan fingerprint density at radius 3 is 0.614 bits per heavy atom. The van der Waals surface area contributed by atoms with E-state index in [4.69, 9.17) is 9.47 Å². The monoisotopic (exact) mass is 981 g/mol. The Labute approximate surface area is 439 Å². The lowest BCUT2D eigenvalue weighted by molar-refractivity contribution is -0.144. The van der Waals surface area contributed by atoms with Crippen LogP contribution in [-0.2, 0) is 19.1 Å². The lowest BCUT2D eigenvalue weighted by Gasteiger charge is -2.06. The Bertz CT molecular complexity index is 1090. The smallest absolute Gasteiger partial charge is 0.305 e. The Hall–Kier alpha value is -1.84. The highest BCUT2D eigenvalue weighted by molar-refractivity contribution is 5.69. The highest BCUT2D eigenvalue weighted by Gasteiger charge is 2.04. The maximum absolute atomic E-state index is 12.0. The van der Waals surface area contributed by atoms with Gasteiger partial charge in [0.15, 0.2) is 0 Å². The van der Waals surface area contributed by atoms with Crippen LogP contribution in [0.2, 0.25) is 0 Å². The van der Waals surface area contributed by atoms with Crippen LogP contribution in [0.15, 0.2) is 36.5 Å². The lowest BCUT2D eigenvalue weighted by atomic mass is 10.0. The van der Waals surface area contributed by atoms with Gasteiger partial charge in [0.25, 0.3) is 0 Å². The van der Waals surface area contributed by atoms with Crippen LogP contribution in [0.1, 0.15) is 361 Å². The summed E-state index contributed by atoms with van der Waals surface area (Å²) >= 11 is 0. The summed E-state index contributed by atoms with van der Waals surface area (Å²) in [5.74, 6) is 0.0236. The molecule has 0 fully saturated rings. The molecule has 0 aromatic carbocycles. The molecule has 0 heterocycles. The average molecular weight is 982 g/mol. The predicted octanol–water partition coefficient (Wildman–Crippen LogP) is 22.8. The first-order valence-electron chi connectivity index (χ1n) is 32.0. The Balaban J connectivity index is 3.21. The molecule has 0 aliphatic heterocycles. The van der Waals surface area contributed by atoms with Crippen molar-refractivity contribution in [1.82, 2.24) is 0 Å². The van der Waals surface area contributed by atoms with Gasteiger partial charge in [0, 0.05) is 12.8 Å². The van der Waals surface area contributed by atoms with Gasteiger partial charge in [-0.2, -0.15) is 0 Å². The van der Waals surface area contributed by atoms with Crippen molar-refractivity contribution in [3.8, 4) is 0 Å². The zero-order valence-corrected chi connectivity index (χ0v) is 47.7. The van der Waals surface area contributed by atoms with Crippen molar-refractivity contribution >= 4 is 11.9 Å². The molecule has 0 aromatic rings. The number of rotatable bonds is 60. The van der Waals surface area contributed by atoms with Crippen molar-refractivity contribution in [3.63, 3.8) is 0 Å². The van der Waals surface area contributed by atoms with E-state index in [0.29, 0.717) is 26.1 Å². The van der Waals surface area contributed by atoms with Crippen LogP contribution in [0.5, 0.6) is 0 Å². The third kappa shape index (κ3) is 62.3. The van der Waals surface area contributed by atoms with Crippen molar-refractivity contribution in [2.45, 2.75) is 361 Å². The van der Waals surface area contributed by atoms with E-state index in [9.17, 15) is 9.59 Å². The SMILES string of the molecule is CCCCCC/C=C\CCCCCCCC(=O)OCCCCCCCC/C=C\CCCCCCCCCCCCCCCCCCCCCCCCOC(=O)CCCCCCC/C=C\CCCCCC. The molecule has 0 bridgehead atoms. The third-order valence-electron chi connectivity index (χ3n) is 14.5. The largest absolute Gasteiger partial charge is 0.466 e. The van der Waals surface area contributed by atoms with Crippen LogP contribution in [0.4, 0.5) is 0 Å². The van der Waals surface area contributed by atoms with Crippen molar-refractivity contribution in [3.05, 3.63) is 36.5 Å². The number of ether oxygens (including phenoxy) is 2.